The maximum atomic E-state index is 3.21. The monoisotopic (exact) mass is 187 g/mol. The van der Waals surface area contributed by atoms with Crippen LogP contribution in [0.15, 0.2) is 0 Å². The van der Waals surface area contributed by atoms with Crippen LogP contribution in [0, 0.1) is 5.92 Å². The van der Waals surface area contributed by atoms with Crippen molar-refractivity contribution < 1.29 is 0 Å². The van der Waals surface area contributed by atoms with Crippen molar-refractivity contribution in [3.05, 3.63) is 0 Å². The summed E-state index contributed by atoms with van der Waals surface area (Å²) < 4.78 is 0. The minimum atomic E-state index is 0.854. The Morgan fingerprint density at radius 2 is 1.00 bits per heavy atom. The van der Waals surface area contributed by atoms with Gasteiger partial charge in [0, 0.05) is 0 Å². The van der Waals surface area contributed by atoms with E-state index in [9.17, 15) is 0 Å². The molecule has 0 aliphatic rings. The van der Waals surface area contributed by atoms with Crippen molar-refractivity contribution in [3.8, 4) is 0 Å². The summed E-state index contributed by atoms with van der Waals surface area (Å²) in [5.41, 5.74) is 0. The maximum Gasteiger partial charge on any atom is -0.00493 e. The van der Waals surface area contributed by atoms with E-state index in [2.05, 4.69) is 16.0 Å². The predicted molar refractivity (Wildman–Crippen MR) is 59.1 cm³/mol. The molecule has 0 radical (unpaired) electrons. The highest BCUT2D eigenvalue weighted by Gasteiger charge is 2.06. The lowest BCUT2D eigenvalue weighted by atomic mass is 9.97. The molecule has 0 aromatic heterocycles. The Balaban J connectivity index is 3.47. The molecule has 0 heterocycles. The van der Waals surface area contributed by atoms with E-state index in [1.54, 1.807) is 0 Å². The van der Waals surface area contributed by atoms with Gasteiger partial charge in [0.1, 0.15) is 0 Å². The molecule has 80 valence electrons. The van der Waals surface area contributed by atoms with E-state index in [4.69, 9.17) is 0 Å². The molecule has 0 atom stereocenters. The van der Waals surface area contributed by atoms with Crippen LogP contribution in [0.2, 0.25) is 0 Å². The zero-order valence-corrected chi connectivity index (χ0v) is 9.32. The van der Waals surface area contributed by atoms with Crippen molar-refractivity contribution in [3.63, 3.8) is 0 Å². The van der Waals surface area contributed by atoms with Crippen LogP contribution in [0.25, 0.3) is 0 Å². The number of hydrogen-bond acceptors (Lipinski definition) is 3. The molecular weight excluding hydrogens is 162 g/mol. The molecule has 3 heteroatoms. The highest BCUT2D eigenvalue weighted by atomic mass is 14.8. The third-order valence-electron chi connectivity index (χ3n) is 2.41. The van der Waals surface area contributed by atoms with E-state index >= 15 is 0 Å². The van der Waals surface area contributed by atoms with Gasteiger partial charge >= 0.3 is 0 Å². The number of rotatable bonds is 9. The summed E-state index contributed by atoms with van der Waals surface area (Å²) in [6, 6.07) is 0. The Bertz CT molecular complexity index is 77.2. The topological polar surface area (TPSA) is 36.1 Å². The molecule has 0 fully saturated rings. The largest absolute Gasteiger partial charge is 0.320 e. The first-order valence-electron chi connectivity index (χ1n) is 5.29. The highest BCUT2D eigenvalue weighted by Crippen LogP contribution is 2.11. The van der Waals surface area contributed by atoms with Crippen LogP contribution in [-0.2, 0) is 0 Å². The average molecular weight is 187 g/mol. The molecule has 0 amide bonds. The third kappa shape index (κ3) is 8.22. The van der Waals surface area contributed by atoms with Gasteiger partial charge in [-0.2, -0.15) is 0 Å². The maximum absolute atomic E-state index is 3.21. The second-order valence-electron chi connectivity index (χ2n) is 3.54. The number of hydrogen-bond donors (Lipinski definition) is 3. The molecule has 0 saturated carbocycles. The Labute approximate surface area is 82.7 Å². The molecule has 0 aliphatic carbocycles. The Morgan fingerprint density at radius 1 is 0.692 bits per heavy atom. The fourth-order valence-corrected chi connectivity index (χ4v) is 1.48. The van der Waals surface area contributed by atoms with Gasteiger partial charge in [-0.1, -0.05) is 0 Å². The van der Waals surface area contributed by atoms with Gasteiger partial charge in [0.2, 0.25) is 0 Å². The lowest BCUT2D eigenvalue weighted by Crippen LogP contribution is -2.21. The van der Waals surface area contributed by atoms with Gasteiger partial charge in [-0.3, -0.25) is 0 Å². The molecule has 3 N–H and O–H groups in total. The summed E-state index contributed by atoms with van der Waals surface area (Å²) >= 11 is 0. The van der Waals surface area contributed by atoms with Crippen molar-refractivity contribution in [2.24, 2.45) is 5.92 Å². The fraction of sp³-hybridized carbons (Fsp3) is 1.00. The lowest BCUT2D eigenvalue weighted by molar-refractivity contribution is 0.404. The number of nitrogens with one attached hydrogen (secondary N) is 3. The van der Waals surface area contributed by atoms with Crippen molar-refractivity contribution in [1.29, 1.82) is 0 Å². The van der Waals surface area contributed by atoms with Gasteiger partial charge in [0.15, 0.2) is 0 Å². The fourth-order valence-electron chi connectivity index (χ4n) is 1.48. The van der Waals surface area contributed by atoms with Crippen LogP contribution < -0.4 is 16.0 Å². The van der Waals surface area contributed by atoms with Crippen LogP contribution in [-0.4, -0.2) is 40.8 Å². The molecule has 0 spiro atoms. The summed E-state index contributed by atoms with van der Waals surface area (Å²) in [4.78, 5) is 0. The molecule has 0 saturated heterocycles. The zero-order chi connectivity index (χ0) is 9.94. The standard InChI is InChI=1S/C10H25N3/c1-11-7-4-10(5-8-12-2)6-9-13-3/h10-13H,4-9H2,1-3H3. The van der Waals surface area contributed by atoms with Crippen molar-refractivity contribution in [2.45, 2.75) is 19.3 Å². The molecule has 0 aromatic carbocycles. The minimum absolute atomic E-state index is 0.854. The minimum Gasteiger partial charge on any atom is -0.320 e. The van der Waals surface area contributed by atoms with E-state index in [0.717, 1.165) is 25.6 Å². The molecule has 0 unspecified atom stereocenters. The van der Waals surface area contributed by atoms with Crippen LogP contribution in [0.3, 0.4) is 0 Å². The van der Waals surface area contributed by atoms with Gasteiger partial charge in [-0.25, -0.2) is 0 Å². The summed E-state index contributed by atoms with van der Waals surface area (Å²) in [5.74, 6) is 0.854. The van der Waals surface area contributed by atoms with Gasteiger partial charge < -0.3 is 16.0 Å². The first-order valence-corrected chi connectivity index (χ1v) is 5.29. The van der Waals surface area contributed by atoms with Crippen molar-refractivity contribution >= 4 is 0 Å². The highest BCUT2D eigenvalue weighted by molar-refractivity contribution is 4.63. The molecular formula is C10H25N3. The molecule has 0 bridgehead atoms. The smallest absolute Gasteiger partial charge is 0.00493 e. The average Bonchev–Trinajstić information content (AvgIpc) is 2.17. The van der Waals surface area contributed by atoms with Crippen molar-refractivity contribution in [2.75, 3.05) is 40.8 Å². The van der Waals surface area contributed by atoms with Crippen LogP contribution in [0.4, 0.5) is 0 Å². The molecule has 0 aromatic rings. The second-order valence-corrected chi connectivity index (χ2v) is 3.54. The Morgan fingerprint density at radius 3 is 1.23 bits per heavy atom. The summed E-state index contributed by atoms with van der Waals surface area (Å²) in [5, 5.41) is 9.63. The van der Waals surface area contributed by atoms with E-state index in [0.29, 0.717) is 0 Å². The predicted octanol–water partition coefficient (Wildman–Crippen LogP) is 0.431. The van der Waals surface area contributed by atoms with E-state index in [1.807, 2.05) is 21.1 Å². The Kier molecular flexibility index (Phi) is 9.87. The van der Waals surface area contributed by atoms with Gasteiger partial charge in [0.05, 0.1) is 0 Å². The quantitative estimate of drug-likeness (QED) is 0.490. The van der Waals surface area contributed by atoms with Gasteiger partial charge in [-0.05, 0) is 66.0 Å². The van der Waals surface area contributed by atoms with Crippen LogP contribution >= 0.6 is 0 Å². The van der Waals surface area contributed by atoms with Gasteiger partial charge in [0.25, 0.3) is 0 Å². The van der Waals surface area contributed by atoms with Crippen LogP contribution in [0.5, 0.6) is 0 Å². The molecule has 3 nitrogen and oxygen atoms in total. The van der Waals surface area contributed by atoms with Gasteiger partial charge in [-0.15, -0.1) is 0 Å². The zero-order valence-electron chi connectivity index (χ0n) is 9.32. The summed E-state index contributed by atoms with van der Waals surface area (Å²) in [6.45, 7) is 3.41. The van der Waals surface area contributed by atoms with E-state index in [1.165, 1.54) is 19.3 Å². The second kappa shape index (κ2) is 9.96. The molecule has 0 rings (SSSR count). The van der Waals surface area contributed by atoms with E-state index < -0.39 is 0 Å². The molecule has 13 heavy (non-hydrogen) atoms. The normalized spacial score (nSPS) is 11.1. The Hall–Kier alpha value is -0.120. The first-order chi connectivity index (χ1) is 6.35. The summed E-state index contributed by atoms with van der Waals surface area (Å²) in [6.07, 6.45) is 3.87. The van der Waals surface area contributed by atoms with Crippen molar-refractivity contribution in [1.82, 2.24) is 16.0 Å². The first kappa shape index (κ1) is 12.9. The van der Waals surface area contributed by atoms with E-state index in [-0.39, 0.29) is 0 Å². The summed E-state index contributed by atoms with van der Waals surface area (Å²) in [7, 11) is 6.06. The molecule has 0 aliphatic heterocycles. The third-order valence-corrected chi connectivity index (χ3v) is 2.41. The SMILES string of the molecule is CNCCC(CCNC)CCNC. The lowest BCUT2D eigenvalue weighted by Gasteiger charge is -2.16. The van der Waals surface area contributed by atoms with Crippen LogP contribution in [0.1, 0.15) is 19.3 Å².